The molecule has 0 aromatic heterocycles. The third-order valence-electron chi connectivity index (χ3n) is 3.20. The average molecular weight is 280 g/mol. The van der Waals surface area contributed by atoms with Crippen molar-refractivity contribution in [1.29, 1.82) is 0 Å². The molecule has 2 saturated heterocycles. The van der Waals surface area contributed by atoms with Crippen LogP contribution in [0.4, 0.5) is 0 Å². The summed E-state index contributed by atoms with van der Waals surface area (Å²) in [5.41, 5.74) is 0. The van der Waals surface area contributed by atoms with Gasteiger partial charge in [-0.15, -0.1) is 0 Å². The molecule has 2 unspecified atom stereocenters. The van der Waals surface area contributed by atoms with Crippen LogP contribution in [0.1, 0.15) is 13.8 Å². The van der Waals surface area contributed by atoms with Gasteiger partial charge < -0.3 is 4.90 Å². The molecule has 2 aliphatic heterocycles. The number of fused-ring (bicyclic) bond motifs is 1. The van der Waals surface area contributed by atoms with Crippen LogP contribution in [0.25, 0.3) is 0 Å². The van der Waals surface area contributed by atoms with E-state index in [-0.39, 0.29) is 0 Å². The maximum absolute atomic E-state index is 2.62. The Morgan fingerprint density at radius 2 is 1.58 bits per heavy atom. The molecule has 70 valence electrons. The van der Waals surface area contributed by atoms with Gasteiger partial charge in [-0.2, -0.15) is 0 Å². The zero-order chi connectivity index (χ0) is 8.72. The second kappa shape index (κ2) is 3.42. The first-order chi connectivity index (χ1) is 5.66. The predicted molar refractivity (Wildman–Crippen MR) is 59.3 cm³/mol. The molecule has 2 aliphatic rings. The Morgan fingerprint density at radius 1 is 1.08 bits per heavy atom. The van der Waals surface area contributed by atoms with E-state index in [0.717, 1.165) is 17.9 Å². The molecule has 2 heterocycles. The van der Waals surface area contributed by atoms with Crippen molar-refractivity contribution in [1.82, 2.24) is 8.01 Å². The highest BCUT2D eigenvalue weighted by Crippen LogP contribution is 2.33. The number of hydrogen-bond donors (Lipinski definition) is 0. The smallest absolute Gasteiger partial charge is 0.0201 e. The van der Waals surface area contributed by atoms with Gasteiger partial charge in [-0.05, 0) is 25.7 Å². The zero-order valence-electron chi connectivity index (χ0n) is 7.83. The fraction of sp³-hybridized carbons (Fsp3) is 1.00. The molecule has 2 nitrogen and oxygen atoms in total. The Morgan fingerprint density at radius 3 is 2.00 bits per heavy atom. The maximum Gasteiger partial charge on any atom is 0.0201 e. The number of rotatable bonds is 1. The molecule has 0 amide bonds. The summed E-state index contributed by atoms with van der Waals surface area (Å²) in [6.07, 6.45) is 0. The van der Waals surface area contributed by atoms with Crippen molar-refractivity contribution in [2.45, 2.75) is 19.9 Å². The van der Waals surface area contributed by atoms with Gasteiger partial charge in [0.15, 0.2) is 0 Å². The zero-order valence-corrected chi connectivity index (χ0v) is 9.99. The Kier molecular flexibility index (Phi) is 2.63. The minimum Gasteiger partial charge on any atom is -0.300 e. The first-order valence-electron chi connectivity index (χ1n) is 4.81. The molecule has 0 N–H and O–H groups in total. The average Bonchev–Trinajstić information content (AvgIpc) is 2.42. The van der Waals surface area contributed by atoms with Crippen molar-refractivity contribution < 1.29 is 0 Å². The van der Waals surface area contributed by atoms with Crippen molar-refractivity contribution in [3.63, 3.8) is 0 Å². The number of nitrogens with zero attached hydrogens (tertiary/aromatic N) is 2. The lowest BCUT2D eigenvalue weighted by molar-refractivity contribution is 0.250. The molecule has 0 aromatic rings. The van der Waals surface area contributed by atoms with Gasteiger partial charge in [0, 0.05) is 55.1 Å². The summed E-state index contributed by atoms with van der Waals surface area (Å²) in [6.45, 7) is 9.91. The molecular formula is C9H17IN2. The molecule has 0 spiro atoms. The highest BCUT2D eigenvalue weighted by Gasteiger charge is 2.39. The van der Waals surface area contributed by atoms with E-state index >= 15 is 0 Å². The Balaban J connectivity index is 1.93. The molecular weight excluding hydrogens is 263 g/mol. The molecule has 3 heteroatoms. The fourth-order valence-corrected chi connectivity index (χ4v) is 3.41. The van der Waals surface area contributed by atoms with Crippen LogP contribution in [0.5, 0.6) is 0 Å². The highest BCUT2D eigenvalue weighted by atomic mass is 127. The minimum absolute atomic E-state index is 0.748. The summed E-state index contributed by atoms with van der Waals surface area (Å²) in [6, 6.07) is 0.748. The normalized spacial score (nSPS) is 38.0. The molecule has 2 rings (SSSR count). The summed E-state index contributed by atoms with van der Waals surface area (Å²) in [7, 11) is 0. The summed E-state index contributed by atoms with van der Waals surface area (Å²) in [5.74, 6) is 1.92. The van der Waals surface area contributed by atoms with E-state index in [4.69, 9.17) is 0 Å². The van der Waals surface area contributed by atoms with E-state index in [0.29, 0.717) is 0 Å². The first kappa shape index (κ1) is 9.21. The van der Waals surface area contributed by atoms with E-state index in [1.807, 2.05) is 0 Å². The molecule has 0 aromatic carbocycles. The Bertz CT molecular complexity index is 158. The summed E-state index contributed by atoms with van der Waals surface area (Å²) < 4.78 is 2.45. The van der Waals surface area contributed by atoms with E-state index in [9.17, 15) is 0 Å². The fourth-order valence-electron chi connectivity index (χ4n) is 2.39. The molecule has 12 heavy (non-hydrogen) atoms. The van der Waals surface area contributed by atoms with Crippen LogP contribution >= 0.6 is 22.9 Å². The van der Waals surface area contributed by atoms with E-state index in [1.165, 1.54) is 26.2 Å². The van der Waals surface area contributed by atoms with Crippen LogP contribution in [0.15, 0.2) is 0 Å². The van der Waals surface area contributed by atoms with Gasteiger partial charge in [-0.25, -0.2) is 3.11 Å². The second-order valence-electron chi connectivity index (χ2n) is 4.40. The van der Waals surface area contributed by atoms with Crippen LogP contribution in [-0.2, 0) is 0 Å². The quantitative estimate of drug-likeness (QED) is 0.532. The lowest BCUT2D eigenvalue weighted by Crippen LogP contribution is -2.31. The van der Waals surface area contributed by atoms with Gasteiger partial charge in [0.2, 0.25) is 0 Å². The van der Waals surface area contributed by atoms with Crippen LogP contribution < -0.4 is 0 Å². The number of halogens is 1. The lowest BCUT2D eigenvalue weighted by Gasteiger charge is -2.22. The maximum atomic E-state index is 2.62. The standard InChI is InChI=1S/C9H17IN2/c1-7(2)11-3-8-5-12(10)6-9(8)4-11/h7-9H,3-6H2,1-2H3. The van der Waals surface area contributed by atoms with Crippen molar-refractivity contribution in [3.05, 3.63) is 0 Å². The van der Waals surface area contributed by atoms with Gasteiger partial charge >= 0.3 is 0 Å². The highest BCUT2D eigenvalue weighted by molar-refractivity contribution is 14.1. The van der Waals surface area contributed by atoms with Crippen LogP contribution in [0.3, 0.4) is 0 Å². The summed E-state index contributed by atoms with van der Waals surface area (Å²) in [4.78, 5) is 2.62. The molecule has 0 saturated carbocycles. The predicted octanol–water partition coefficient (Wildman–Crippen LogP) is 1.61. The topological polar surface area (TPSA) is 6.48 Å². The van der Waals surface area contributed by atoms with Crippen molar-refractivity contribution in [2.24, 2.45) is 11.8 Å². The SMILES string of the molecule is CC(C)N1CC2CN(I)CC2C1. The molecule has 2 fully saturated rings. The molecule has 0 aliphatic carbocycles. The largest absolute Gasteiger partial charge is 0.300 e. The third kappa shape index (κ3) is 1.63. The molecule has 0 radical (unpaired) electrons. The van der Waals surface area contributed by atoms with E-state index < -0.39 is 0 Å². The summed E-state index contributed by atoms with van der Waals surface area (Å²) in [5, 5.41) is 0. The van der Waals surface area contributed by atoms with E-state index in [2.05, 4.69) is 44.7 Å². The van der Waals surface area contributed by atoms with Gasteiger partial charge in [0.05, 0.1) is 0 Å². The Labute approximate surface area is 88.8 Å². The molecule has 2 atom stereocenters. The van der Waals surface area contributed by atoms with E-state index in [1.54, 1.807) is 0 Å². The van der Waals surface area contributed by atoms with Gasteiger partial charge in [0.25, 0.3) is 0 Å². The lowest BCUT2D eigenvalue weighted by atomic mass is 10.0. The monoisotopic (exact) mass is 280 g/mol. The van der Waals surface area contributed by atoms with Crippen molar-refractivity contribution in [2.75, 3.05) is 26.2 Å². The van der Waals surface area contributed by atoms with Crippen LogP contribution in [-0.4, -0.2) is 40.2 Å². The van der Waals surface area contributed by atoms with Crippen LogP contribution in [0.2, 0.25) is 0 Å². The minimum atomic E-state index is 0.748. The van der Waals surface area contributed by atoms with Crippen molar-refractivity contribution >= 4 is 22.9 Å². The first-order valence-corrected chi connectivity index (χ1v) is 5.78. The van der Waals surface area contributed by atoms with Crippen molar-refractivity contribution in [3.8, 4) is 0 Å². The van der Waals surface area contributed by atoms with Gasteiger partial charge in [-0.3, -0.25) is 0 Å². The summed E-state index contributed by atoms with van der Waals surface area (Å²) >= 11 is 2.46. The molecule has 0 bridgehead atoms. The Hall–Kier alpha value is 0.650. The third-order valence-corrected chi connectivity index (χ3v) is 3.99. The van der Waals surface area contributed by atoms with Gasteiger partial charge in [0.1, 0.15) is 0 Å². The number of hydrogen-bond acceptors (Lipinski definition) is 2. The van der Waals surface area contributed by atoms with Gasteiger partial charge in [-0.1, -0.05) is 0 Å². The number of likely N-dealkylation sites (tertiary alicyclic amines) is 1. The second-order valence-corrected chi connectivity index (χ2v) is 5.76. The van der Waals surface area contributed by atoms with Crippen LogP contribution in [0, 0.1) is 11.8 Å².